The molecule has 0 radical (unpaired) electrons. The Hall–Kier alpha value is -7.12. The minimum absolute atomic E-state index is 0.0118. The average molecular weight is 822 g/mol. The summed E-state index contributed by atoms with van der Waals surface area (Å²) in [4.78, 5) is 125. The Kier molecular flexibility index (Phi) is 19.9. The zero-order valence-corrected chi connectivity index (χ0v) is 33.0. The van der Waals surface area contributed by atoms with Crippen LogP contribution in [0.15, 0.2) is 72.8 Å². The Balaban J connectivity index is 2.01. The molecule has 0 aliphatic rings. The van der Waals surface area contributed by atoms with Crippen LogP contribution in [0.2, 0.25) is 0 Å². The lowest BCUT2D eigenvalue weighted by molar-refractivity contribution is -0.141. The summed E-state index contributed by atoms with van der Waals surface area (Å²) in [5.74, 6) is -8.81. The van der Waals surface area contributed by atoms with Crippen LogP contribution in [0.25, 0.3) is 0 Å². The van der Waals surface area contributed by atoms with Crippen molar-refractivity contribution in [3.63, 3.8) is 0 Å². The molecule has 20 nitrogen and oxygen atoms in total. The van der Waals surface area contributed by atoms with Crippen molar-refractivity contribution < 1.29 is 53.1 Å². The van der Waals surface area contributed by atoms with E-state index >= 15 is 0 Å². The molecule has 2 aromatic carbocycles. The highest BCUT2D eigenvalue weighted by Crippen LogP contribution is 2.07. The van der Waals surface area contributed by atoms with Gasteiger partial charge in [-0.2, -0.15) is 0 Å². The number of primary amides is 1. The number of hydrogen-bond donors (Lipinski definition) is 10. The fourth-order valence-corrected chi connectivity index (χ4v) is 5.14. The van der Waals surface area contributed by atoms with Gasteiger partial charge in [0.15, 0.2) is 0 Å². The highest BCUT2D eigenvalue weighted by molar-refractivity contribution is 6.00. The first-order valence-electron chi connectivity index (χ1n) is 18.4. The summed E-state index contributed by atoms with van der Waals surface area (Å²) in [7, 11) is 0. The summed E-state index contributed by atoms with van der Waals surface area (Å²) >= 11 is 0. The summed E-state index contributed by atoms with van der Waals surface area (Å²) in [6.07, 6.45) is 1.46. The summed E-state index contributed by atoms with van der Waals surface area (Å²) in [5.41, 5.74) is 6.68. The van der Waals surface area contributed by atoms with E-state index in [0.29, 0.717) is 11.1 Å². The van der Waals surface area contributed by atoms with Gasteiger partial charge in [0.25, 0.3) is 0 Å². The topological polar surface area (TPSA) is 313 Å². The second kappa shape index (κ2) is 24.5. The minimum Gasteiger partial charge on any atom is -0.480 e. The van der Waals surface area contributed by atoms with E-state index in [-0.39, 0.29) is 18.8 Å². The van der Waals surface area contributed by atoms with Crippen molar-refractivity contribution in [3.8, 4) is 0 Å². The number of carbonyl (C=O) groups excluding carboxylic acids is 9. The Morgan fingerprint density at radius 1 is 0.593 bits per heavy atom. The molecule has 0 spiro atoms. The van der Waals surface area contributed by atoms with Crippen molar-refractivity contribution in [2.24, 2.45) is 11.7 Å². The lowest BCUT2D eigenvalue weighted by Crippen LogP contribution is -2.59. The van der Waals surface area contributed by atoms with Crippen LogP contribution in [0.1, 0.15) is 38.8 Å². The quantitative estimate of drug-likeness (QED) is 0.0506. The van der Waals surface area contributed by atoms with Crippen molar-refractivity contribution in [3.05, 3.63) is 83.9 Å². The van der Waals surface area contributed by atoms with E-state index in [1.807, 2.05) is 0 Å². The summed E-state index contributed by atoms with van der Waals surface area (Å²) in [6.45, 7) is 4.26. The molecule has 0 aliphatic carbocycles. The number of carboxylic acids is 1. The van der Waals surface area contributed by atoms with Crippen molar-refractivity contribution in [1.29, 1.82) is 0 Å². The highest BCUT2D eigenvalue weighted by Gasteiger charge is 2.30. The fourth-order valence-electron chi connectivity index (χ4n) is 5.14. The first-order valence-corrected chi connectivity index (χ1v) is 18.4. The van der Waals surface area contributed by atoms with Crippen LogP contribution in [-0.2, 0) is 60.8 Å². The van der Waals surface area contributed by atoms with Crippen molar-refractivity contribution in [1.82, 2.24) is 42.5 Å². The predicted molar refractivity (Wildman–Crippen MR) is 211 cm³/mol. The van der Waals surface area contributed by atoms with Gasteiger partial charge in [-0.25, -0.2) is 4.79 Å². The second-order valence-corrected chi connectivity index (χ2v) is 13.6. The SMILES string of the molecule is CC(=O)NCC(NC(=O)C=CC(=O)NCC(=O)NCC(=O)NC(Cc1ccccc1)C(=O)O)C(=O)NC(Cc1ccccc1)C(=O)NC(C)C(=O)NC(C(N)=O)C(C)C. The van der Waals surface area contributed by atoms with Crippen LogP contribution in [0.5, 0.6) is 0 Å². The fraction of sp³-hybridized carbons (Fsp3) is 0.385. The molecule has 5 unspecified atom stereocenters. The number of amides is 9. The maximum atomic E-state index is 13.5. The van der Waals surface area contributed by atoms with E-state index in [0.717, 1.165) is 12.2 Å². The monoisotopic (exact) mass is 821 g/mol. The lowest BCUT2D eigenvalue weighted by atomic mass is 10.0. The third kappa shape index (κ3) is 18.6. The zero-order chi connectivity index (χ0) is 44.1. The maximum absolute atomic E-state index is 13.5. The number of benzene rings is 2. The Bertz CT molecular complexity index is 1860. The number of carboxylic acid groups (broad SMARTS) is 1. The van der Waals surface area contributed by atoms with Gasteiger partial charge >= 0.3 is 5.97 Å². The van der Waals surface area contributed by atoms with Crippen molar-refractivity contribution in [2.45, 2.75) is 70.7 Å². The van der Waals surface area contributed by atoms with Crippen molar-refractivity contribution in [2.75, 3.05) is 19.6 Å². The molecule has 11 N–H and O–H groups in total. The largest absolute Gasteiger partial charge is 0.480 e. The third-order valence-corrected chi connectivity index (χ3v) is 8.30. The molecule has 0 aliphatic heterocycles. The molecule has 0 saturated carbocycles. The molecule has 0 bridgehead atoms. The van der Waals surface area contributed by atoms with E-state index in [1.54, 1.807) is 74.5 Å². The van der Waals surface area contributed by atoms with Crippen LogP contribution >= 0.6 is 0 Å². The molecule has 59 heavy (non-hydrogen) atoms. The molecular weight excluding hydrogens is 770 g/mol. The van der Waals surface area contributed by atoms with Gasteiger partial charge in [-0.3, -0.25) is 43.2 Å². The summed E-state index contributed by atoms with van der Waals surface area (Å²) in [6, 6.07) is 10.9. The molecule has 5 atom stereocenters. The van der Waals surface area contributed by atoms with E-state index in [1.165, 1.54) is 13.8 Å². The predicted octanol–water partition coefficient (Wildman–Crippen LogP) is -2.93. The molecule has 0 aromatic heterocycles. The molecular formula is C39H51N9O11. The van der Waals surface area contributed by atoms with Crippen LogP contribution < -0.4 is 48.3 Å². The Morgan fingerprint density at radius 2 is 1.12 bits per heavy atom. The van der Waals surface area contributed by atoms with Crippen LogP contribution in [-0.4, -0.2) is 114 Å². The normalized spacial score (nSPS) is 13.3. The molecule has 0 fully saturated rings. The van der Waals surface area contributed by atoms with E-state index in [4.69, 9.17) is 5.73 Å². The number of carbonyl (C=O) groups is 10. The van der Waals surface area contributed by atoms with Gasteiger partial charge in [-0.05, 0) is 24.0 Å². The molecule has 9 amide bonds. The van der Waals surface area contributed by atoms with Gasteiger partial charge in [0.2, 0.25) is 53.2 Å². The first-order chi connectivity index (χ1) is 27.9. The van der Waals surface area contributed by atoms with Gasteiger partial charge < -0.3 is 53.4 Å². The van der Waals surface area contributed by atoms with Gasteiger partial charge in [-0.1, -0.05) is 74.5 Å². The van der Waals surface area contributed by atoms with Crippen LogP contribution in [0, 0.1) is 5.92 Å². The number of nitrogens with two attached hydrogens (primary N) is 1. The van der Waals surface area contributed by atoms with Gasteiger partial charge in [-0.15, -0.1) is 0 Å². The molecule has 318 valence electrons. The molecule has 0 saturated heterocycles. The Labute approximate surface area is 340 Å². The molecule has 0 heterocycles. The molecule has 20 heteroatoms. The highest BCUT2D eigenvalue weighted by atomic mass is 16.4. The summed E-state index contributed by atoms with van der Waals surface area (Å²) < 4.78 is 0. The van der Waals surface area contributed by atoms with Crippen LogP contribution in [0.3, 0.4) is 0 Å². The maximum Gasteiger partial charge on any atom is 0.326 e. The average Bonchev–Trinajstić information content (AvgIpc) is 3.18. The smallest absolute Gasteiger partial charge is 0.326 e. The van der Waals surface area contributed by atoms with E-state index < -0.39 is 109 Å². The zero-order valence-electron chi connectivity index (χ0n) is 33.0. The Morgan fingerprint density at radius 3 is 1.64 bits per heavy atom. The third-order valence-electron chi connectivity index (χ3n) is 8.30. The molecule has 2 rings (SSSR count). The van der Waals surface area contributed by atoms with Gasteiger partial charge in [0.05, 0.1) is 13.1 Å². The second-order valence-electron chi connectivity index (χ2n) is 13.6. The minimum atomic E-state index is -1.47. The number of rotatable bonds is 23. The van der Waals surface area contributed by atoms with Crippen LogP contribution in [0.4, 0.5) is 0 Å². The number of hydrogen-bond acceptors (Lipinski definition) is 10. The molecule has 2 aromatic rings. The standard InChI is InChI=1S/C39H51N9O11/c1-22(2)34(35(40)54)48-36(55)23(3)44-37(56)27(17-25-11-7-5-8-12-25)47-38(57)29(19-41-24(4)49)46-31(51)16-15-30(50)42-20-32(52)43-21-33(53)45-28(39(58)59)18-26-13-9-6-10-14-26/h5-16,22-23,27-29,34H,17-21H2,1-4H3,(H2,40,54)(H,41,49)(H,42,50)(H,43,52)(H,44,56)(H,45,53)(H,46,51)(H,47,57)(H,48,55)(H,58,59). The van der Waals surface area contributed by atoms with E-state index in [9.17, 15) is 53.1 Å². The number of aliphatic carboxylic acids is 1. The van der Waals surface area contributed by atoms with Crippen molar-refractivity contribution >= 4 is 59.1 Å². The van der Waals surface area contributed by atoms with Gasteiger partial charge in [0, 0.05) is 38.5 Å². The van der Waals surface area contributed by atoms with Gasteiger partial charge in [0.1, 0.15) is 30.2 Å². The summed E-state index contributed by atoms with van der Waals surface area (Å²) in [5, 5.41) is 28.5. The lowest BCUT2D eigenvalue weighted by Gasteiger charge is -2.25. The first kappa shape index (κ1) is 48.0. The number of nitrogens with one attached hydrogen (secondary N) is 8. The van der Waals surface area contributed by atoms with E-state index in [2.05, 4.69) is 42.5 Å².